The van der Waals surface area contributed by atoms with Crippen LogP contribution in [0.5, 0.6) is 0 Å². The number of ether oxygens (including phenoxy) is 1. The van der Waals surface area contributed by atoms with Crippen molar-refractivity contribution in [2.75, 3.05) is 13.7 Å². The molecule has 0 saturated carbocycles. The zero-order valence-electron chi connectivity index (χ0n) is 16.3. The number of allylic oxidation sites excluding steroid dienone is 2. The molecule has 2 heterocycles. The Morgan fingerprint density at radius 3 is 2.72 bits per heavy atom. The maximum absolute atomic E-state index is 14.7. The number of methoxy groups -OCH3 is 1. The van der Waals surface area contributed by atoms with E-state index in [2.05, 4.69) is 4.98 Å². The van der Waals surface area contributed by atoms with E-state index in [1.54, 1.807) is 35.9 Å². The molecule has 0 amide bonds. The first kappa shape index (κ1) is 21.1. The summed E-state index contributed by atoms with van der Waals surface area (Å²) < 4.78 is 48.9. The van der Waals surface area contributed by atoms with Crippen LogP contribution < -0.4 is 0 Å². The van der Waals surface area contributed by atoms with Crippen LogP contribution >= 0.6 is 11.6 Å². The molecule has 0 spiro atoms. The van der Waals surface area contributed by atoms with Crippen LogP contribution in [-0.2, 0) is 11.3 Å². The quantitative estimate of drug-likeness (QED) is 0.437. The Bertz CT molecular complexity index is 1110. The molecule has 1 aromatic carbocycles. The Morgan fingerprint density at radius 1 is 1.28 bits per heavy atom. The van der Waals surface area contributed by atoms with Crippen molar-refractivity contribution in [3.63, 3.8) is 0 Å². The molecule has 3 aromatic rings. The SMILES string of the molecule is COCC(/C=C(/Cl)Cn1cc(-c2cccc(C)c2F)c2cc(F)cnc21)=C(/C)F. The molecule has 0 atom stereocenters. The summed E-state index contributed by atoms with van der Waals surface area (Å²) in [5.41, 5.74) is 2.10. The van der Waals surface area contributed by atoms with Crippen molar-refractivity contribution in [3.05, 3.63) is 76.4 Å². The van der Waals surface area contributed by atoms with Crippen LogP contribution in [-0.4, -0.2) is 23.3 Å². The largest absolute Gasteiger partial charge is 0.380 e. The van der Waals surface area contributed by atoms with Crippen molar-refractivity contribution < 1.29 is 17.9 Å². The fourth-order valence-electron chi connectivity index (χ4n) is 3.13. The van der Waals surface area contributed by atoms with Crippen LogP contribution in [0.25, 0.3) is 22.2 Å². The minimum absolute atomic E-state index is 0.0776. The normalized spacial score (nSPS) is 13.1. The number of nitrogens with zero attached hydrogens (tertiary/aromatic N) is 2. The lowest BCUT2D eigenvalue weighted by Gasteiger charge is -2.06. The number of fused-ring (bicyclic) bond motifs is 1. The fourth-order valence-corrected chi connectivity index (χ4v) is 3.39. The lowest BCUT2D eigenvalue weighted by atomic mass is 10.0. The van der Waals surface area contributed by atoms with E-state index in [-0.39, 0.29) is 19.0 Å². The number of rotatable bonds is 6. The van der Waals surface area contributed by atoms with Crippen LogP contribution in [0.15, 0.2) is 59.2 Å². The van der Waals surface area contributed by atoms with Gasteiger partial charge in [0.05, 0.1) is 19.3 Å². The van der Waals surface area contributed by atoms with Gasteiger partial charge in [0.1, 0.15) is 23.1 Å². The maximum atomic E-state index is 14.7. The summed E-state index contributed by atoms with van der Waals surface area (Å²) >= 11 is 6.34. The Morgan fingerprint density at radius 2 is 2.03 bits per heavy atom. The van der Waals surface area contributed by atoms with E-state index in [0.29, 0.717) is 38.3 Å². The van der Waals surface area contributed by atoms with Crippen molar-refractivity contribution in [2.45, 2.75) is 20.4 Å². The Kier molecular flexibility index (Phi) is 6.45. The summed E-state index contributed by atoms with van der Waals surface area (Å²) in [5.74, 6) is -1.30. The Balaban J connectivity index is 2.11. The molecule has 0 aliphatic carbocycles. The van der Waals surface area contributed by atoms with Gasteiger partial charge >= 0.3 is 0 Å². The van der Waals surface area contributed by atoms with Gasteiger partial charge in [0, 0.05) is 40.4 Å². The summed E-state index contributed by atoms with van der Waals surface area (Å²) in [6.07, 6.45) is 4.25. The van der Waals surface area contributed by atoms with Gasteiger partial charge in [-0.25, -0.2) is 18.2 Å². The predicted molar refractivity (Wildman–Crippen MR) is 109 cm³/mol. The first-order valence-electron chi connectivity index (χ1n) is 8.92. The molecule has 0 N–H and O–H groups in total. The van der Waals surface area contributed by atoms with Crippen molar-refractivity contribution in [3.8, 4) is 11.1 Å². The average Bonchev–Trinajstić information content (AvgIpc) is 3.00. The number of benzene rings is 1. The molecule has 0 aliphatic rings. The highest BCUT2D eigenvalue weighted by atomic mass is 35.5. The second kappa shape index (κ2) is 8.84. The van der Waals surface area contributed by atoms with E-state index in [1.807, 2.05) is 0 Å². The topological polar surface area (TPSA) is 27.1 Å². The lowest BCUT2D eigenvalue weighted by Crippen LogP contribution is -2.00. The molecule has 0 aliphatic heterocycles. The Hall–Kier alpha value is -2.57. The van der Waals surface area contributed by atoms with Gasteiger partial charge in [-0.2, -0.15) is 0 Å². The van der Waals surface area contributed by atoms with Crippen molar-refractivity contribution in [1.82, 2.24) is 9.55 Å². The zero-order valence-corrected chi connectivity index (χ0v) is 17.0. The minimum atomic E-state index is -0.524. The number of halogens is 4. The van der Waals surface area contributed by atoms with Crippen LogP contribution in [0.1, 0.15) is 12.5 Å². The highest BCUT2D eigenvalue weighted by molar-refractivity contribution is 6.29. The van der Waals surface area contributed by atoms with E-state index in [4.69, 9.17) is 16.3 Å². The highest BCUT2D eigenvalue weighted by Gasteiger charge is 2.17. The van der Waals surface area contributed by atoms with Crippen LogP contribution in [0.2, 0.25) is 0 Å². The third-order valence-electron chi connectivity index (χ3n) is 4.56. The van der Waals surface area contributed by atoms with Gasteiger partial charge in [0.2, 0.25) is 0 Å². The first-order valence-corrected chi connectivity index (χ1v) is 9.29. The third kappa shape index (κ3) is 4.54. The molecule has 2 aromatic heterocycles. The third-order valence-corrected chi connectivity index (χ3v) is 4.79. The monoisotopic (exact) mass is 420 g/mol. The molecule has 29 heavy (non-hydrogen) atoms. The van der Waals surface area contributed by atoms with Gasteiger partial charge < -0.3 is 9.30 Å². The molecule has 0 bridgehead atoms. The van der Waals surface area contributed by atoms with Crippen LogP contribution in [0, 0.1) is 18.6 Å². The lowest BCUT2D eigenvalue weighted by molar-refractivity contribution is 0.226. The number of aryl methyl sites for hydroxylation is 1. The molecule has 0 radical (unpaired) electrons. The number of pyridine rings is 1. The summed E-state index contributed by atoms with van der Waals surface area (Å²) in [6, 6.07) is 6.35. The van der Waals surface area contributed by atoms with E-state index in [1.165, 1.54) is 26.2 Å². The van der Waals surface area contributed by atoms with Gasteiger partial charge in [0.15, 0.2) is 0 Å². The van der Waals surface area contributed by atoms with Gasteiger partial charge in [-0.1, -0.05) is 29.8 Å². The molecule has 7 heteroatoms. The molecule has 3 rings (SSSR count). The summed E-state index contributed by atoms with van der Waals surface area (Å²) in [4.78, 5) is 4.15. The van der Waals surface area contributed by atoms with E-state index < -0.39 is 11.6 Å². The summed E-state index contributed by atoms with van der Waals surface area (Å²) in [7, 11) is 1.46. The van der Waals surface area contributed by atoms with Gasteiger partial charge in [0.25, 0.3) is 0 Å². The smallest absolute Gasteiger partial charge is 0.142 e. The number of hydrogen-bond acceptors (Lipinski definition) is 2. The number of aromatic nitrogens is 2. The van der Waals surface area contributed by atoms with Gasteiger partial charge in [-0.3, -0.25) is 0 Å². The van der Waals surface area contributed by atoms with Gasteiger partial charge in [-0.05, 0) is 31.6 Å². The average molecular weight is 421 g/mol. The van der Waals surface area contributed by atoms with E-state index in [0.717, 1.165) is 6.20 Å². The Labute approximate surface area is 172 Å². The zero-order chi connectivity index (χ0) is 21.1. The summed E-state index contributed by atoms with van der Waals surface area (Å²) in [6.45, 7) is 3.22. The van der Waals surface area contributed by atoms with E-state index >= 15 is 0 Å². The van der Waals surface area contributed by atoms with Crippen LogP contribution in [0.4, 0.5) is 13.2 Å². The minimum Gasteiger partial charge on any atom is -0.380 e. The molecular weight excluding hydrogens is 401 g/mol. The molecular formula is C22H20ClF3N2O. The molecule has 0 saturated heterocycles. The maximum Gasteiger partial charge on any atom is 0.142 e. The van der Waals surface area contributed by atoms with E-state index in [9.17, 15) is 13.2 Å². The molecule has 152 valence electrons. The number of hydrogen-bond donors (Lipinski definition) is 0. The molecule has 0 fully saturated rings. The predicted octanol–water partition coefficient (Wildman–Crippen LogP) is 6.30. The highest BCUT2D eigenvalue weighted by Crippen LogP contribution is 2.33. The molecule has 0 unspecified atom stereocenters. The first-order chi connectivity index (χ1) is 13.8. The second-order valence-electron chi connectivity index (χ2n) is 6.71. The second-order valence-corrected chi connectivity index (χ2v) is 7.20. The van der Waals surface area contributed by atoms with Crippen molar-refractivity contribution in [1.29, 1.82) is 0 Å². The standard InChI is InChI=1S/C22H20ClF3N2O/c1-13-5-4-6-18(21(13)26)20-11-28(22-19(20)8-17(25)9-27-22)10-16(23)7-15(12-29-3)14(2)24/h4-9,11H,10,12H2,1-3H3/b15-14-,16-7+. The van der Waals surface area contributed by atoms with Gasteiger partial charge in [-0.15, -0.1) is 0 Å². The fraction of sp³-hybridized carbons (Fsp3) is 0.227. The van der Waals surface area contributed by atoms with Crippen molar-refractivity contribution >= 4 is 22.6 Å². The molecule has 3 nitrogen and oxygen atoms in total. The summed E-state index contributed by atoms with van der Waals surface area (Å²) in [5, 5.41) is 0.793. The van der Waals surface area contributed by atoms with Crippen molar-refractivity contribution in [2.24, 2.45) is 0 Å². The van der Waals surface area contributed by atoms with Crippen LogP contribution in [0.3, 0.4) is 0 Å².